The van der Waals surface area contributed by atoms with E-state index in [0.717, 1.165) is 24.6 Å². The molecule has 2 heterocycles. The molecule has 2 aromatic carbocycles. The van der Waals surface area contributed by atoms with Crippen molar-refractivity contribution >= 4 is 16.6 Å². The summed E-state index contributed by atoms with van der Waals surface area (Å²) in [5.41, 5.74) is -0.509. The molecule has 1 aliphatic heterocycles. The topological polar surface area (TPSA) is 99.3 Å². The summed E-state index contributed by atoms with van der Waals surface area (Å²) in [5.74, 6) is -0.167. The SMILES string of the molecule is O=c1c2cc([N+](=O)[O-])ccc2nc([C@H]2CCCN2)n1-c1cccc(OC(F)(F)F)c1. The first-order valence-corrected chi connectivity index (χ1v) is 9.03. The molecule has 0 unspecified atom stereocenters. The van der Waals surface area contributed by atoms with Gasteiger partial charge in [0.25, 0.3) is 11.2 Å². The summed E-state index contributed by atoms with van der Waals surface area (Å²) in [6.07, 6.45) is -3.36. The number of fused-ring (bicyclic) bond motifs is 1. The molecule has 1 fully saturated rings. The van der Waals surface area contributed by atoms with Crippen LogP contribution in [0, 0.1) is 10.1 Å². The van der Waals surface area contributed by atoms with Gasteiger partial charge in [-0.25, -0.2) is 4.98 Å². The van der Waals surface area contributed by atoms with Crippen LogP contribution in [0.2, 0.25) is 0 Å². The second kappa shape index (κ2) is 7.41. The average molecular weight is 420 g/mol. The van der Waals surface area contributed by atoms with Gasteiger partial charge in [0, 0.05) is 18.2 Å². The fourth-order valence-electron chi connectivity index (χ4n) is 3.51. The van der Waals surface area contributed by atoms with Crippen molar-refractivity contribution in [1.29, 1.82) is 0 Å². The lowest BCUT2D eigenvalue weighted by atomic mass is 10.1. The van der Waals surface area contributed by atoms with Crippen LogP contribution in [0.4, 0.5) is 18.9 Å². The van der Waals surface area contributed by atoms with Gasteiger partial charge in [0.05, 0.1) is 27.6 Å². The van der Waals surface area contributed by atoms with Crippen LogP contribution < -0.4 is 15.6 Å². The van der Waals surface area contributed by atoms with Gasteiger partial charge in [-0.3, -0.25) is 19.5 Å². The van der Waals surface area contributed by atoms with Gasteiger partial charge in [0.2, 0.25) is 0 Å². The van der Waals surface area contributed by atoms with E-state index in [-0.39, 0.29) is 28.3 Å². The lowest BCUT2D eigenvalue weighted by Gasteiger charge is -2.19. The minimum Gasteiger partial charge on any atom is -0.406 e. The van der Waals surface area contributed by atoms with E-state index in [4.69, 9.17) is 0 Å². The van der Waals surface area contributed by atoms with Gasteiger partial charge >= 0.3 is 6.36 Å². The van der Waals surface area contributed by atoms with E-state index in [0.29, 0.717) is 18.8 Å². The largest absolute Gasteiger partial charge is 0.573 e. The van der Waals surface area contributed by atoms with Crippen molar-refractivity contribution in [3.05, 3.63) is 68.8 Å². The monoisotopic (exact) mass is 420 g/mol. The molecular formula is C19H15F3N4O4. The number of benzene rings is 2. The second-order valence-corrected chi connectivity index (χ2v) is 6.76. The van der Waals surface area contributed by atoms with Crippen LogP contribution in [0.5, 0.6) is 5.75 Å². The maximum atomic E-state index is 13.3. The first kappa shape index (κ1) is 19.8. The van der Waals surface area contributed by atoms with Gasteiger partial charge in [-0.05, 0) is 37.6 Å². The van der Waals surface area contributed by atoms with Crippen LogP contribution in [0.25, 0.3) is 16.6 Å². The molecule has 0 saturated carbocycles. The van der Waals surface area contributed by atoms with Gasteiger partial charge in [-0.1, -0.05) is 6.07 Å². The van der Waals surface area contributed by atoms with Crippen molar-refractivity contribution in [1.82, 2.24) is 14.9 Å². The van der Waals surface area contributed by atoms with Crippen LogP contribution in [-0.2, 0) is 0 Å². The standard InChI is InChI=1S/C19H15F3N4O4/c20-19(21,22)30-13-4-1-3-11(9-13)25-17(16-5-2-8-23-16)24-15-7-6-12(26(28)29)10-14(15)18(25)27/h1,3-4,6-7,9-10,16,23H,2,5,8H2/t16-/m1/s1. The predicted octanol–water partition coefficient (Wildman–Crippen LogP) is 3.62. The zero-order valence-corrected chi connectivity index (χ0v) is 15.3. The number of non-ortho nitro benzene ring substituents is 1. The number of nitro groups is 1. The third-order valence-electron chi connectivity index (χ3n) is 4.77. The molecular weight excluding hydrogens is 405 g/mol. The number of aromatic nitrogens is 2. The third kappa shape index (κ3) is 3.83. The van der Waals surface area contributed by atoms with Gasteiger partial charge in [-0.2, -0.15) is 0 Å². The van der Waals surface area contributed by atoms with Crippen LogP contribution in [0.1, 0.15) is 24.7 Å². The van der Waals surface area contributed by atoms with Crippen molar-refractivity contribution in [2.75, 3.05) is 6.54 Å². The number of nitrogens with one attached hydrogen (secondary N) is 1. The molecule has 30 heavy (non-hydrogen) atoms. The third-order valence-corrected chi connectivity index (χ3v) is 4.77. The molecule has 0 amide bonds. The van der Waals surface area contributed by atoms with Crippen molar-refractivity contribution < 1.29 is 22.8 Å². The predicted molar refractivity (Wildman–Crippen MR) is 101 cm³/mol. The summed E-state index contributed by atoms with van der Waals surface area (Å²) in [7, 11) is 0. The zero-order chi connectivity index (χ0) is 21.5. The van der Waals surface area contributed by atoms with E-state index < -0.39 is 22.6 Å². The first-order chi connectivity index (χ1) is 14.2. The minimum atomic E-state index is -4.89. The maximum Gasteiger partial charge on any atom is 0.573 e. The molecule has 1 aliphatic rings. The lowest BCUT2D eigenvalue weighted by Crippen LogP contribution is -2.29. The average Bonchev–Trinajstić information content (AvgIpc) is 3.21. The molecule has 1 saturated heterocycles. The Morgan fingerprint density at radius 3 is 2.70 bits per heavy atom. The Labute approximate surface area is 167 Å². The fraction of sp³-hybridized carbons (Fsp3) is 0.263. The highest BCUT2D eigenvalue weighted by Crippen LogP contribution is 2.28. The number of ether oxygens (including phenoxy) is 1. The van der Waals surface area contributed by atoms with E-state index in [2.05, 4.69) is 15.0 Å². The van der Waals surface area contributed by atoms with Gasteiger partial charge in [0.1, 0.15) is 11.6 Å². The highest BCUT2D eigenvalue weighted by Gasteiger charge is 2.31. The Bertz CT molecular complexity index is 1190. The molecule has 3 aromatic rings. The summed E-state index contributed by atoms with van der Waals surface area (Å²) in [5, 5.41) is 14.3. The van der Waals surface area contributed by atoms with E-state index in [9.17, 15) is 28.1 Å². The quantitative estimate of drug-likeness (QED) is 0.511. The number of hydrogen-bond acceptors (Lipinski definition) is 6. The molecule has 1 atom stereocenters. The normalized spacial score (nSPS) is 16.7. The Hall–Kier alpha value is -3.47. The van der Waals surface area contributed by atoms with E-state index in [1.165, 1.54) is 28.8 Å². The Balaban J connectivity index is 1.95. The maximum absolute atomic E-state index is 13.3. The minimum absolute atomic E-state index is 0.00640. The van der Waals surface area contributed by atoms with Crippen LogP contribution >= 0.6 is 0 Å². The highest BCUT2D eigenvalue weighted by atomic mass is 19.4. The number of hydrogen-bond donors (Lipinski definition) is 1. The van der Waals surface area contributed by atoms with Crippen LogP contribution in [-0.4, -0.2) is 27.4 Å². The summed E-state index contributed by atoms with van der Waals surface area (Å²) in [4.78, 5) is 28.3. The summed E-state index contributed by atoms with van der Waals surface area (Å²) in [6, 6.07) is 8.45. The lowest BCUT2D eigenvalue weighted by molar-refractivity contribution is -0.384. The number of halogens is 3. The van der Waals surface area contributed by atoms with Crippen molar-refractivity contribution in [3.63, 3.8) is 0 Å². The Morgan fingerprint density at radius 2 is 2.03 bits per heavy atom. The summed E-state index contributed by atoms with van der Waals surface area (Å²) >= 11 is 0. The smallest absolute Gasteiger partial charge is 0.406 e. The number of nitrogens with zero attached hydrogens (tertiary/aromatic N) is 3. The molecule has 0 radical (unpaired) electrons. The Kier molecular flexibility index (Phi) is 4.90. The van der Waals surface area contributed by atoms with Gasteiger partial charge in [0.15, 0.2) is 0 Å². The second-order valence-electron chi connectivity index (χ2n) is 6.76. The van der Waals surface area contributed by atoms with Crippen LogP contribution in [0.15, 0.2) is 47.3 Å². The summed E-state index contributed by atoms with van der Waals surface area (Å²) in [6.45, 7) is 0.704. The van der Waals surface area contributed by atoms with Crippen molar-refractivity contribution in [3.8, 4) is 11.4 Å². The van der Waals surface area contributed by atoms with Crippen molar-refractivity contribution in [2.24, 2.45) is 0 Å². The molecule has 8 nitrogen and oxygen atoms in total. The van der Waals surface area contributed by atoms with Crippen LogP contribution in [0.3, 0.4) is 0 Å². The summed E-state index contributed by atoms with van der Waals surface area (Å²) < 4.78 is 43.0. The number of nitro benzene ring substituents is 1. The fourth-order valence-corrected chi connectivity index (χ4v) is 3.51. The van der Waals surface area contributed by atoms with Gasteiger partial charge in [-0.15, -0.1) is 13.2 Å². The van der Waals surface area contributed by atoms with Crippen molar-refractivity contribution in [2.45, 2.75) is 25.2 Å². The number of rotatable bonds is 4. The zero-order valence-electron chi connectivity index (χ0n) is 15.3. The molecule has 156 valence electrons. The molecule has 1 aromatic heterocycles. The number of alkyl halides is 3. The molecule has 4 rings (SSSR count). The molecule has 11 heteroatoms. The van der Waals surface area contributed by atoms with E-state index in [1.807, 2.05) is 0 Å². The molecule has 0 spiro atoms. The Morgan fingerprint density at radius 1 is 1.23 bits per heavy atom. The molecule has 0 aliphatic carbocycles. The van der Waals surface area contributed by atoms with Gasteiger partial charge < -0.3 is 10.1 Å². The highest BCUT2D eigenvalue weighted by molar-refractivity contribution is 5.80. The first-order valence-electron chi connectivity index (χ1n) is 9.03. The van der Waals surface area contributed by atoms with E-state index in [1.54, 1.807) is 0 Å². The molecule has 0 bridgehead atoms. The van der Waals surface area contributed by atoms with E-state index >= 15 is 0 Å². The molecule has 1 N–H and O–H groups in total.